The van der Waals surface area contributed by atoms with Crippen LogP contribution in [0.25, 0.3) is 5.84 Å². The molecule has 1 heterocycles. The lowest BCUT2D eigenvalue weighted by Crippen LogP contribution is -2.33. The van der Waals surface area contributed by atoms with Gasteiger partial charge in [-0.05, 0) is 12.1 Å². The molecule has 2 aromatic carbocycles. The topological polar surface area (TPSA) is 26.8 Å². The SMILES string of the molecule is [NH-][N+]1=C(c2ccccc2)CC1c1ccccc1. The van der Waals surface area contributed by atoms with Crippen molar-refractivity contribution in [3.8, 4) is 0 Å². The second-order valence-corrected chi connectivity index (χ2v) is 4.31. The van der Waals surface area contributed by atoms with Crippen molar-refractivity contribution < 1.29 is 4.68 Å². The Bertz CT molecular complexity index is 544. The zero-order chi connectivity index (χ0) is 11.7. The van der Waals surface area contributed by atoms with E-state index in [4.69, 9.17) is 5.84 Å². The van der Waals surface area contributed by atoms with Gasteiger partial charge in [-0.2, -0.15) is 0 Å². The molecule has 0 saturated carbocycles. The Balaban J connectivity index is 1.91. The van der Waals surface area contributed by atoms with Gasteiger partial charge in [0.25, 0.3) is 0 Å². The summed E-state index contributed by atoms with van der Waals surface area (Å²) in [6.07, 6.45) is 0.956. The highest BCUT2D eigenvalue weighted by molar-refractivity contribution is 5.99. The molecule has 0 fully saturated rings. The summed E-state index contributed by atoms with van der Waals surface area (Å²) in [5.41, 5.74) is 3.50. The summed E-state index contributed by atoms with van der Waals surface area (Å²) in [6.45, 7) is 0. The van der Waals surface area contributed by atoms with Crippen LogP contribution >= 0.6 is 0 Å². The molecule has 0 amide bonds. The van der Waals surface area contributed by atoms with E-state index in [1.807, 2.05) is 36.4 Å². The molecule has 3 rings (SSSR count). The lowest BCUT2D eigenvalue weighted by Gasteiger charge is -2.29. The molecular formula is C15H14N2. The lowest BCUT2D eigenvalue weighted by molar-refractivity contribution is -0.536. The molecule has 1 aliphatic rings. The summed E-state index contributed by atoms with van der Waals surface area (Å²) in [5, 5.41) is 0. The lowest BCUT2D eigenvalue weighted by atomic mass is 9.91. The van der Waals surface area contributed by atoms with E-state index in [-0.39, 0.29) is 6.04 Å². The summed E-state index contributed by atoms with van der Waals surface area (Å²) >= 11 is 0. The average molecular weight is 222 g/mol. The highest BCUT2D eigenvalue weighted by atomic mass is 15.4. The molecule has 1 N–H and O–H groups in total. The molecule has 1 unspecified atom stereocenters. The van der Waals surface area contributed by atoms with Crippen molar-refractivity contribution >= 4 is 5.71 Å². The molecule has 17 heavy (non-hydrogen) atoms. The minimum Gasteiger partial charge on any atom is -0.454 e. The quantitative estimate of drug-likeness (QED) is 0.694. The number of hydrogen-bond acceptors (Lipinski definition) is 0. The van der Waals surface area contributed by atoms with E-state index in [1.54, 1.807) is 4.68 Å². The first-order valence-corrected chi connectivity index (χ1v) is 5.83. The van der Waals surface area contributed by atoms with E-state index < -0.39 is 0 Å². The third kappa shape index (κ3) is 1.72. The second-order valence-electron chi connectivity index (χ2n) is 4.31. The van der Waals surface area contributed by atoms with Gasteiger partial charge in [-0.15, -0.1) is 0 Å². The Morgan fingerprint density at radius 3 is 2.06 bits per heavy atom. The van der Waals surface area contributed by atoms with Crippen molar-refractivity contribution in [2.45, 2.75) is 12.5 Å². The fraction of sp³-hybridized carbons (Fsp3) is 0.133. The monoisotopic (exact) mass is 222 g/mol. The summed E-state index contributed by atoms with van der Waals surface area (Å²) in [4.78, 5) is 0. The van der Waals surface area contributed by atoms with Gasteiger partial charge in [-0.3, -0.25) is 4.68 Å². The van der Waals surface area contributed by atoms with Crippen molar-refractivity contribution in [1.29, 1.82) is 0 Å². The number of nitrogens with one attached hydrogen (secondary N) is 1. The first-order valence-electron chi connectivity index (χ1n) is 5.83. The van der Waals surface area contributed by atoms with Crippen LogP contribution in [0.3, 0.4) is 0 Å². The fourth-order valence-electron chi connectivity index (χ4n) is 2.28. The van der Waals surface area contributed by atoms with Gasteiger partial charge in [-0.25, -0.2) is 0 Å². The third-order valence-corrected chi connectivity index (χ3v) is 3.28. The zero-order valence-electron chi connectivity index (χ0n) is 9.51. The maximum atomic E-state index is 8.10. The van der Waals surface area contributed by atoms with Crippen molar-refractivity contribution in [2.24, 2.45) is 0 Å². The van der Waals surface area contributed by atoms with Gasteiger partial charge in [0, 0.05) is 11.1 Å². The van der Waals surface area contributed by atoms with E-state index >= 15 is 0 Å². The van der Waals surface area contributed by atoms with Crippen molar-refractivity contribution in [3.05, 3.63) is 77.6 Å². The molecule has 0 aliphatic carbocycles. The van der Waals surface area contributed by atoms with Crippen LogP contribution in [0.15, 0.2) is 60.7 Å². The standard InChI is InChI=1S/C15H14N2/c16-17-14(12-7-3-1-4-8-12)11-15(17)13-9-5-2-6-10-13/h1-10,14,16H,11H2. The number of benzene rings is 2. The summed E-state index contributed by atoms with van der Waals surface area (Å²) in [7, 11) is 0. The Hall–Kier alpha value is -2.09. The average Bonchev–Trinajstić information content (AvgIpc) is 2.40. The van der Waals surface area contributed by atoms with E-state index in [2.05, 4.69) is 24.3 Å². The van der Waals surface area contributed by atoms with Crippen LogP contribution in [-0.4, -0.2) is 10.4 Å². The van der Waals surface area contributed by atoms with Crippen molar-refractivity contribution in [2.75, 3.05) is 0 Å². The van der Waals surface area contributed by atoms with E-state index in [9.17, 15) is 0 Å². The fourth-order valence-corrected chi connectivity index (χ4v) is 2.28. The maximum Gasteiger partial charge on any atom is 0.186 e. The predicted octanol–water partition coefficient (Wildman–Crippen LogP) is 3.60. The third-order valence-electron chi connectivity index (χ3n) is 3.28. The van der Waals surface area contributed by atoms with Gasteiger partial charge in [-0.1, -0.05) is 48.5 Å². The smallest absolute Gasteiger partial charge is 0.186 e. The molecule has 1 aliphatic heterocycles. The first-order chi connectivity index (χ1) is 8.36. The molecule has 0 aromatic heterocycles. The zero-order valence-corrected chi connectivity index (χ0v) is 9.51. The minimum absolute atomic E-state index is 0.214. The largest absolute Gasteiger partial charge is 0.454 e. The van der Waals surface area contributed by atoms with Crippen LogP contribution in [0.5, 0.6) is 0 Å². The summed E-state index contributed by atoms with van der Waals surface area (Å²) in [5.74, 6) is 8.10. The molecule has 2 nitrogen and oxygen atoms in total. The van der Waals surface area contributed by atoms with Gasteiger partial charge in [0.15, 0.2) is 11.8 Å². The second kappa shape index (κ2) is 4.06. The van der Waals surface area contributed by atoms with Gasteiger partial charge in [0.1, 0.15) is 0 Å². The van der Waals surface area contributed by atoms with Crippen LogP contribution < -0.4 is 0 Å². The van der Waals surface area contributed by atoms with E-state index in [0.29, 0.717) is 0 Å². The Morgan fingerprint density at radius 1 is 0.882 bits per heavy atom. The Morgan fingerprint density at radius 2 is 1.47 bits per heavy atom. The molecule has 2 heteroatoms. The predicted molar refractivity (Wildman–Crippen MR) is 68.9 cm³/mol. The summed E-state index contributed by atoms with van der Waals surface area (Å²) in [6, 6.07) is 20.7. The van der Waals surface area contributed by atoms with Gasteiger partial charge >= 0.3 is 0 Å². The van der Waals surface area contributed by atoms with Gasteiger partial charge in [0.05, 0.1) is 6.42 Å². The number of nitrogens with zero attached hydrogens (tertiary/aromatic N) is 1. The first kappa shape index (κ1) is 10.1. The number of rotatable bonds is 2. The van der Waals surface area contributed by atoms with Crippen molar-refractivity contribution in [3.63, 3.8) is 0 Å². The molecule has 0 bridgehead atoms. The highest BCUT2D eigenvalue weighted by Gasteiger charge is 2.34. The maximum absolute atomic E-state index is 8.10. The normalized spacial score (nSPS) is 18.9. The van der Waals surface area contributed by atoms with Crippen LogP contribution in [0.1, 0.15) is 23.6 Å². The van der Waals surface area contributed by atoms with Crippen LogP contribution in [0.2, 0.25) is 0 Å². The molecule has 0 radical (unpaired) electrons. The highest BCUT2D eigenvalue weighted by Crippen LogP contribution is 2.31. The van der Waals surface area contributed by atoms with E-state index in [0.717, 1.165) is 17.7 Å². The van der Waals surface area contributed by atoms with Crippen LogP contribution in [0, 0.1) is 0 Å². The van der Waals surface area contributed by atoms with Gasteiger partial charge < -0.3 is 5.84 Å². The van der Waals surface area contributed by atoms with Crippen LogP contribution in [-0.2, 0) is 0 Å². The Labute approximate surface area is 101 Å². The van der Waals surface area contributed by atoms with E-state index in [1.165, 1.54) is 5.56 Å². The molecule has 2 aromatic rings. The molecule has 1 atom stereocenters. The molecule has 84 valence electrons. The minimum atomic E-state index is 0.214. The van der Waals surface area contributed by atoms with Crippen LogP contribution in [0.4, 0.5) is 0 Å². The molecule has 0 spiro atoms. The summed E-state index contributed by atoms with van der Waals surface area (Å²) < 4.78 is 1.63. The Kier molecular flexibility index (Phi) is 2.41. The number of hydrogen-bond donors (Lipinski definition) is 0. The van der Waals surface area contributed by atoms with Crippen molar-refractivity contribution in [1.82, 2.24) is 0 Å². The molecule has 0 saturated heterocycles. The molecular weight excluding hydrogens is 208 g/mol. The van der Waals surface area contributed by atoms with Gasteiger partial charge in [0.2, 0.25) is 0 Å².